The van der Waals surface area contributed by atoms with Crippen LogP contribution in [0.15, 0.2) is 59.0 Å². The number of hydrogen-bond donors (Lipinski definition) is 2. The summed E-state index contributed by atoms with van der Waals surface area (Å²) in [6.07, 6.45) is 4.15. The van der Waals surface area contributed by atoms with E-state index in [9.17, 15) is 4.79 Å². The molecule has 2 aromatic carbocycles. The molecule has 1 amide bonds. The van der Waals surface area contributed by atoms with Gasteiger partial charge in [-0.05, 0) is 31.2 Å². The molecule has 0 aliphatic heterocycles. The van der Waals surface area contributed by atoms with E-state index in [1.54, 1.807) is 6.08 Å². The van der Waals surface area contributed by atoms with E-state index in [4.69, 9.17) is 4.42 Å². The minimum atomic E-state index is -0.221. The number of hydrogen-bond acceptors (Lipinski definition) is 3. The first kappa shape index (κ1) is 17.1. The highest BCUT2D eigenvalue weighted by atomic mass is 16.3. The highest BCUT2D eigenvalue weighted by Crippen LogP contribution is 2.27. The van der Waals surface area contributed by atoms with Gasteiger partial charge in [0.05, 0.1) is 17.1 Å². The number of aryl methyl sites for hydroxylation is 1. The molecule has 0 spiro atoms. The molecule has 1 unspecified atom stereocenters. The quantitative estimate of drug-likeness (QED) is 0.505. The Bertz CT molecular complexity index is 1100. The Morgan fingerprint density at radius 1 is 1.22 bits per heavy atom. The monoisotopic (exact) mass is 359 g/mol. The van der Waals surface area contributed by atoms with Crippen LogP contribution < -0.4 is 5.32 Å². The van der Waals surface area contributed by atoms with Gasteiger partial charge in [0.2, 0.25) is 5.91 Å². The summed E-state index contributed by atoms with van der Waals surface area (Å²) < 4.78 is 5.87. The molecule has 0 fully saturated rings. The van der Waals surface area contributed by atoms with E-state index in [1.165, 1.54) is 0 Å². The Kier molecular flexibility index (Phi) is 4.50. The molecule has 0 aliphatic rings. The van der Waals surface area contributed by atoms with E-state index in [0.29, 0.717) is 0 Å². The number of nitrogens with one attached hydrogen (secondary N) is 2. The largest absolute Gasteiger partial charge is 0.460 e. The number of furan rings is 1. The van der Waals surface area contributed by atoms with Crippen LogP contribution in [-0.4, -0.2) is 15.9 Å². The lowest BCUT2D eigenvalue weighted by Gasteiger charge is -2.09. The molecule has 5 heteroatoms. The Labute approximate surface area is 157 Å². The third kappa shape index (κ3) is 3.36. The number of fused-ring (bicyclic) bond motifs is 2. The number of aromatic nitrogens is 2. The zero-order chi connectivity index (χ0) is 18.8. The molecule has 0 bridgehead atoms. The molecular formula is C22H21N3O2. The van der Waals surface area contributed by atoms with Gasteiger partial charge in [-0.2, -0.15) is 0 Å². The SMILES string of the molecule is CCc1oc2ccccc2c1/C=C/C(=O)NC(C)c1nc2ccccc2[nH]1. The van der Waals surface area contributed by atoms with E-state index in [2.05, 4.69) is 15.3 Å². The molecule has 0 saturated carbocycles. The zero-order valence-corrected chi connectivity index (χ0v) is 15.3. The van der Waals surface area contributed by atoms with Crippen LogP contribution in [0.5, 0.6) is 0 Å². The van der Waals surface area contributed by atoms with Crippen molar-refractivity contribution in [1.29, 1.82) is 0 Å². The van der Waals surface area contributed by atoms with Gasteiger partial charge in [0, 0.05) is 23.4 Å². The topological polar surface area (TPSA) is 70.9 Å². The minimum absolute atomic E-state index is 0.171. The van der Waals surface area contributed by atoms with Gasteiger partial charge in [0.15, 0.2) is 0 Å². The molecule has 27 heavy (non-hydrogen) atoms. The molecule has 5 nitrogen and oxygen atoms in total. The van der Waals surface area contributed by atoms with Crippen LogP contribution in [0.3, 0.4) is 0 Å². The normalized spacial score (nSPS) is 12.8. The summed E-state index contributed by atoms with van der Waals surface area (Å²) in [4.78, 5) is 20.2. The van der Waals surface area contributed by atoms with E-state index in [1.807, 2.05) is 68.5 Å². The lowest BCUT2D eigenvalue weighted by molar-refractivity contribution is -0.117. The maximum Gasteiger partial charge on any atom is 0.244 e. The molecule has 0 radical (unpaired) electrons. The van der Waals surface area contributed by atoms with Gasteiger partial charge in [0.1, 0.15) is 17.2 Å². The Balaban J connectivity index is 1.52. The summed E-state index contributed by atoms with van der Waals surface area (Å²) in [6, 6.07) is 15.5. The van der Waals surface area contributed by atoms with Gasteiger partial charge >= 0.3 is 0 Å². The first-order valence-corrected chi connectivity index (χ1v) is 9.09. The predicted octanol–water partition coefficient (Wildman–Crippen LogP) is 4.76. The van der Waals surface area contributed by atoms with Crippen molar-refractivity contribution in [3.8, 4) is 0 Å². The number of para-hydroxylation sites is 3. The fourth-order valence-electron chi connectivity index (χ4n) is 3.23. The Morgan fingerprint density at radius 2 is 2.00 bits per heavy atom. The van der Waals surface area contributed by atoms with Crippen molar-refractivity contribution in [2.45, 2.75) is 26.3 Å². The summed E-state index contributed by atoms with van der Waals surface area (Å²) in [5.41, 5.74) is 3.65. The smallest absolute Gasteiger partial charge is 0.244 e. The maximum atomic E-state index is 12.4. The number of carbonyl (C=O) groups is 1. The second-order valence-corrected chi connectivity index (χ2v) is 6.49. The molecule has 4 aromatic rings. The van der Waals surface area contributed by atoms with Crippen molar-refractivity contribution >= 4 is 34.0 Å². The third-order valence-corrected chi connectivity index (χ3v) is 4.61. The van der Waals surface area contributed by atoms with Crippen molar-refractivity contribution in [2.75, 3.05) is 0 Å². The van der Waals surface area contributed by atoms with Gasteiger partial charge in [-0.3, -0.25) is 4.79 Å². The molecule has 0 aliphatic carbocycles. The summed E-state index contributed by atoms with van der Waals surface area (Å²) in [6.45, 7) is 3.95. The maximum absolute atomic E-state index is 12.4. The number of amides is 1. The minimum Gasteiger partial charge on any atom is -0.460 e. The summed E-state index contributed by atoms with van der Waals surface area (Å²) >= 11 is 0. The number of aromatic amines is 1. The third-order valence-electron chi connectivity index (χ3n) is 4.61. The summed E-state index contributed by atoms with van der Waals surface area (Å²) in [5.74, 6) is 1.45. The number of rotatable bonds is 5. The number of nitrogens with zero attached hydrogens (tertiary/aromatic N) is 1. The van der Waals surface area contributed by atoms with Crippen molar-refractivity contribution in [2.24, 2.45) is 0 Å². The fraction of sp³-hybridized carbons (Fsp3) is 0.182. The second-order valence-electron chi connectivity index (χ2n) is 6.49. The first-order valence-electron chi connectivity index (χ1n) is 9.09. The van der Waals surface area contributed by atoms with Crippen LogP contribution in [-0.2, 0) is 11.2 Å². The summed E-state index contributed by atoms with van der Waals surface area (Å²) in [5, 5.41) is 3.97. The highest BCUT2D eigenvalue weighted by Gasteiger charge is 2.13. The number of H-pyrrole nitrogens is 1. The molecule has 2 aromatic heterocycles. The van der Waals surface area contributed by atoms with Crippen molar-refractivity contribution < 1.29 is 9.21 Å². The number of imidazole rings is 1. The zero-order valence-electron chi connectivity index (χ0n) is 15.3. The Hall–Kier alpha value is -3.34. The first-order chi connectivity index (χ1) is 13.2. The van der Waals surface area contributed by atoms with Crippen LogP contribution in [0.4, 0.5) is 0 Å². The van der Waals surface area contributed by atoms with Crippen LogP contribution >= 0.6 is 0 Å². The van der Waals surface area contributed by atoms with Crippen molar-refractivity contribution in [3.63, 3.8) is 0 Å². The van der Waals surface area contributed by atoms with Crippen molar-refractivity contribution in [3.05, 3.63) is 71.8 Å². The van der Waals surface area contributed by atoms with Gasteiger partial charge in [-0.1, -0.05) is 37.3 Å². The van der Waals surface area contributed by atoms with Crippen LogP contribution in [0.25, 0.3) is 28.1 Å². The average Bonchev–Trinajstić information content (AvgIpc) is 3.27. The van der Waals surface area contributed by atoms with E-state index >= 15 is 0 Å². The lowest BCUT2D eigenvalue weighted by atomic mass is 10.1. The molecule has 1 atom stereocenters. The lowest BCUT2D eigenvalue weighted by Crippen LogP contribution is -2.25. The predicted molar refractivity (Wildman–Crippen MR) is 107 cm³/mol. The van der Waals surface area contributed by atoms with E-state index < -0.39 is 0 Å². The van der Waals surface area contributed by atoms with Crippen LogP contribution in [0, 0.1) is 0 Å². The highest BCUT2D eigenvalue weighted by molar-refractivity contribution is 5.96. The van der Waals surface area contributed by atoms with E-state index in [-0.39, 0.29) is 11.9 Å². The molecular weight excluding hydrogens is 338 g/mol. The van der Waals surface area contributed by atoms with Gasteiger partial charge in [0.25, 0.3) is 0 Å². The molecule has 0 saturated heterocycles. The van der Waals surface area contributed by atoms with Gasteiger partial charge in [-0.25, -0.2) is 4.98 Å². The molecule has 136 valence electrons. The summed E-state index contributed by atoms with van der Waals surface area (Å²) in [7, 11) is 0. The number of benzene rings is 2. The van der Waals surface area contributed by atoms with Crippen molar-refractivity contribution in [1.82, 2.24) is 15.3 Å². The fourth-order valence-corrected chi connectivity index (χ4v) is 3.23. The Morgan fingerprint density at radius 3 is 2.81 bits per heavy atom. The van der Waals surface area contributed by atoms with E-state index in [0.717, 1.165) is 45.6 Å². The van der Waals surface area contributed by atoms with Crippen LogP contribution in [0.2, 0.25) is 0 Å². The van der Waals surface area contributed by atoms with Gasteiger partial charge < -0.3 is 14.7 Å². The van der Waals surface area contributed by atoms with Crippen LogP contribution in [0.1, 0.15) is 37.0 Å². The van der Waals surface area contributed by atoms with Gasteiger partial charge in [-0.15, -0.1) is 0 Å². The second kappa shape index (κ2) is 7.11. The standard InChI is InChI=1S/C22H21N3O2/c1-3-19-16(15-8-4-7-11-20(15)27-19)12-13-21(26)23-14(2)22-24-17-9-5-6-10-18(17)25-22/h4-14H,3H2,1-2H3,(H,23,26)(H,24,25)/b13-12+. The molecule has 2 N–H and O–H groups in total. The average molecular weight is 359 g/mol. The molecule has 4 rings (SSSR count). The number of carbonyl (C=O) groups excluding carboxylic acids is 1. The molecule has 2 heterocycles.